The molecule has 0 bridgehead atoms. The fourth-order valence-electron chi connectivity index (χ4n) is 3.98. The van der Waals surface area contributed by atoms with Crippen molar-refractivity contribution < 1.29 is 9.66 Å². The molecule has 0 aromatic heterocycles. The van der Waals surface area contributed by atoms with Gasteiger partial charge in [-0.05, 0) is 30.7 Å². The van der Waals surface area contributed by atoms with Crippen LogP contribution in [0.5, 0.6) is 5.75 Å². The summed E-state index contributed by atoms with van der Waals surface area (Å²) in [5, 5.41) is 11.0. The number of nitro benzene ring substituents is 1. The summed E-state index contributed by atoms with van der Waals surface area (Å²) >= 11 is 0. The molecule has 1 heterocycles. The van der Waals surface area contributed by atoms with Gasteiger partial charge in [0.05, 0.1) is 12.0 Å². The van der Waals surface area contributed by atoms with E-state index in [0.717, 1.165) is 25.1 Å². The van der Waals surface area contributed by atoms with Crippen molar-refractivity contribution in [2.75, 3.05) is 20.2 Å². The Morgan fingerprint density at radius 1 is 1.41 bits per heavy atom. The predicted octanol–water partition coefficient (Wildman–Crippen LogP) is 2.16. The molecule has 1 aliphatic heterocycles. The zero-order valence-electron chi connectivity index (χ0n) is 12.9. The highest BCUT2D eigenvalue weighted by Gasteiger charge is 2.38. The van der Waals surface area contributed by atoms with E-state index in [9.17, 15) is 10.1 Å². The number of fused-ring (bicyclic) bond motifs is 1. The third-order valence-electron chi connectivity index (χ3n) is 5.10. The summed E-state index contributed by atoms with van der Waals surface area (Å²) in [4.78, 5) is 13.0. The molecule has 1 aliphatic carbocycles. The van der Waals surface area contributed by atoms with Gasteiger partial charge in [0.1, 0.15) is 5.75 Å². The average molecular weight is 305 g/mol. The van der Waals surface area contributed by atoms with Crippen LogP contribution in [-0.2, 0) is 6.54 Å². The third-order valence-corrected chi connectivity index (χ3v) is 5.10. The molecule has 3 unspecified atom stereocenters. The Hall–Kier alpha value is -1.66. The average Bonchev–Trinajstić information content (AvgIpc) is 2.91. The first-order chi connectivity index (χ1) is 10.6. The molecule has 1 aromatic carbocycles. The maximum absolute atomic E-state index is 11.0. The summed E-state index contributed by atoms with van der Waals surface area (Å²) in [5.41, 5.74) is 7.25. The predicted molar refractivity (Wildman–Crippen MR) is 83.7 cm³/mol. The minimum atomic E-state index is -0.359. The standard InChI is InChI=1S/C16H23N3O3/c1-22-16-6-5-13(19(20)21)7-12(16)9-18-8-11-3-2-4-15(17)14(11)10-18/h5-7,11,14-15H,2-4,8-10,17H2,1H3. The second-order valence-electron chi connectivity index (χ2n) is 6.47. The van der Waals surface area contributed by atoms with E-state index in [0.29, 0.717) is 30.2 Å². The summed E-state index contributed by atoms with van der Waals surface area (Å²) in [6, 6.07) is 5.10. The highest BCUT2D eigenvalue weighted by Crippen LogP contribution is 2.37. The van der Waals surface area contributed by atoms with Gasteiger partial charge in [-0.3, -0.25) is 15.0 Å². The van der Waals surface area contributed by atoms with E-state index in [4.69, 9.17) is 10.5 Å². The topological polar surface area (TPSA) is 81.6 Å². The second kappa shape index (κ2) is 6.22. The van der Waals surface area contributed by atoms with Gasteiger partial charge >= 0.3 is 0 Å². The van der Waals surface area contributed by atoms with Gasteiger partial charge in [-0.15, -0.1) is 0 Å². The number of methoxy groups -OCH3 is 1. The van der Waals surface area contributed by atoms with Crippen LogP contribution in [0.1, 0.15) is 24.8 Å². The molecule has 0 radical (unpaired) electrons. The first-order valence-electron chi connectivity index (χ1n) is 7.87. The van der Waals surface area contributed by atoms with Crippen LogP contribution < -0.4 is 10.5 Å². The van der Waals surface area contributed by atoms with Crippen molar-refractivity contribution in [2.45, 2.75) is 31.8 Å². The molecule has 3 atom stereocenters. The number of nitrogens with zero attached hydrogens (tertiary/aromatic N) is 2. The number of benzene rings is 1. The van der Waals surface area contributed by atoms with Crippen molar-refractivity contribution in [1.82, 2.24) is 4.90 Å². The maximum Gasteiger partial charge on any atom is 0.270 e. The molecule has 0 spiro atoms. The lowest BCUT2D eigenvalue weighted by molar-refractivity contribution is -0.384. The molecular formula is C16H23N3O3. The van der Waals surface area contributed by atoms with Crippen molar-refractivity contribution in [3.63, 3.8) is 0 Å². The summed E-state index contributed by atoms with van der Waals surface area (Å²) in [7, 11) is 1.60. The summed E-state index contributed by atoms with van der Waals surface area (Å²) in [6.45, 7) is 2.70. The number of nitrogens with two attached hydrogens (primary N) is 1. The van der Waals surface area contributed by atoms with Crippen LogP contribution in [0.15, 0.2) is 18.2 Å². The zero-order valence-corrected chi connectivity index (χ0v) is 12.9. The minimum absolute atomic E-state index is 0.115. The smallest absolute Gasteiger partial charge is 0.270 e. The van der Waals surface area contributed by atoms with E-state index >= 15 is 0 Å². The van der Waals surface area contributed by atoms with Crippen molar-refractivity contribution in [2.24, 2.45) is 17.6 Å². The van der Waals surface area contributed by atoms with Gasteiger partial charge in [-0.2, -0.15) is 0 Å². The molecule has 3 rings (SSSR count). The first-order valence-corrected chi connectivity index (χ1v) is 7.87. The van der Waals surface area contributed by atoms with Crippen molar-refractivity contribution in [3.05, 3.63) is 33.9 Å². The van der Waals surface area contributed by atoms with Crippen molar-refractivity contribution in [3.8, 4) is 5.75 Å². The molecule has 0 amide bonds. The molecule has 2 N–H and O–H groups in total. The number of likely N-dealkylation sites (tertiary alicyclic amines) is 1. The number of non-ortho nitro benzene ring substituents is 1. The number of hydrogen-bond acceptors (Lipinski definition) is 5. The van der Waals surface area contributed by atoms with E-state index in [1.807, 2.05) is 0 Å². The Bertz CT molecular complexity index is 564. The SMILES string of the molecule is COc1ccc([N+](=O)[O-])cc1CN1CC2CCCC(N)C2C1. The van der Waals surface area contributed by atoms with Crippen LogP contribution in [0, 0.1) is 22.0 Å². The molecule has 1 aromatic rings. The van der Waals surface area contributed by atoms with Crippen LogP contribution in [0.25, 0.3) is 0 Å². The Morgan fingerprint density at radius 2 is 2.23 bits per heavy atom. The first kappa shape index (κ1) is 15.2. The van der Waals surface area contributed by atoms with E-state index in [-0.39, 0.29) is 10.6 Å². The molecule has 2 fully saturated rings. The summed E-state index contributed by atoms with van der Waals surface area (Å²) < 4.78 is 5.36. The van der Waals surface area contributed by atoms with Crippen molar-refractivity contribution >= 4 is 5.69 Å². The van der Waals surface area contributed by atoms with Gasteiger partial charge in [0, 0.05) is 43.4 Å². The van der Waals surface area contributed by atoms with E-state index in [1.165, 1.54) is 18.9 Å². The molecule has 6 nitrogen and oxygen atoms in total. The highest BCUT2D eigenvalue weighted by atomic mass is 16.6. The van der Waals surface area contributed by atoms with Gasteiger partial charge in [-0.25, -0.2) is 0 Å². The monoisotopic (exact) mass is 305 g/mol. The Labute approximate surface area is 130 Å². The highest BCUT2D eigenvalue weighted by molar-refractivity contribution is 5.43. The fraction of sp³-hybridized carbons (Fsp3) is 0.625. The number of rotatable bonds is 4. The van der Waals surface area contributed by atoms with E-state index < -0.39 is 0 Å². The van der Waals surface area contributed by atoms with Gasteiger partial charge in [-0.1, -0.05) is 6.42 Å². The van der Waals surface area contributed by atoms with Gasteiger partial charge < -0.3 is 10.5 Å². The Morgan fingerprint density at radius 3 is 2.91 bits per heavy atom. The molecule has 2 aliphatic rings. The fourth-order valence-corrected chi connectivity index (χ4v) is 3.98. The maximum atomic E-state index is 11.0. The Kier molecular flexibility index (Phi) is 4.31. The summed E-state index contributed by atoms with van der Waals surface area (Å²) in [5.74, 6) is 1.96. The van der Waals surface area contributed by atoms with Crippen LogP contribution >= 0.6 is 0 Å². The second-order valence-corrected chi connectivity index (χ2v) is 6.47. The molecule has 22 heavy (non-hydrogen) atoms. The Balaban J connectivity index is 1.75. The lowest BCUT2D eigenvalue weighted by atomic mass is 9.78. The van der Waals surface area contributed by atoms with Gasteiger partial charge in [0.2, 0.25) is 0 Å². The number of ether oxygens (including phenoxy) is 1. The van der Waals surface area contributed by atoms with Gasteiger partial charge in [0.25, 0.3) is 5.69 Å². The number of nitro groups is 1. The lowest BCUT2D eigenvalue weighted by Gasteiger charge is -2.29. The van der Waals surface area contributed by atoms with Gasteiger partial charge in [0.15, 0.2) is 0 Å². The van der Waals surface area contributed by atoms with Crippen LogP contribution in [-0.4, -0.2) is 36.1 Å². The largest absolute Gasteiger partial charge is 0.496 e. The van der Waals surface area contributed by atoms with Crippen LogP contribution in [0.4, 0.5) is 5.69 Å². The van der Waals surface area contributed by atoms with E-state index in [2.05, 4.69) is 4.90 Å². The van der Waals surface area contributed by atoms with Crippen LogP contribution in [0.2, 0.25) is 0 Å². The van der Waals surface area contributed by atoms with Crippen LogP contribution in [0.3, 0.4) is 0 Å². The van der Waals surface area contributed by atoms with E-state index in [1.54, 1.807) is 19.2 Å². The summed E-state index contributed by atoms with van der Waals surface area (Å²) in [6.07, 6.45) is 3.59. The molecule has 6 heteroatoms. The lowest BCUT2D eigenvalue weighted by Crippen LogP contribution is -2.38. The third kappa shape index (κ3) is 2.94. The minimum Gasteiger partial charge on any atom is -0.496 e. The zero-order chi connectivity index (χ0) is 15.7. The molecular weight excluding hydrogens is 282 g/mol. The van der Waals surface area contributed by atoms with Crippen molar-refractivity contribution in [1.29, 1.82) is 0 Å². The number of hydrogen-bond donors (Lipinski definition) is 1. The molecule has 1 saturated carbocycles. The molecule has 120 valence electrons. The molecule has 1 saturated heterocycles. The normalized spacial score (nSPS) is 28.4. The quantitative estimate of drug-likeness (QED) is 0.681.